The van der Waals surface area contributed by atoms with Crippen LogP contribution < -0.4 is 10.5 Å². The maximum absolute atomic E-state index is 12.6. The van der Waals surface area contributed by atoms with E-state index in [0.717, 1.165) is 6.20 Å². The molecule has 0 unspecified atom stereocenters. The number of pyridine rings is 1. The minimum absolute atomic E-state index is 0.274. The fourth-order valence-corrected chi connectivity index (χ4v) is 1.33. The van der Waals surface area contributed by atoms with Gasteiger partial charge in [-0.15, -0.1) is 0 Å². The monoisotopic (exact) mass is 238 g/mol. The summed E-state index contributed by atoms with van der Waals surface area (Å²) in [5.41, 5.74) is 6.09. The van der Waals surface area contributed by atoms with E-state index in [1.165, 1.54) is 12.1 Å². The van der Waals surface area contributed by atoms with Gasteiger partial charge in [0.25, 0.3) is 0 Å². The first kappa shape index (κ1) is 10.7. The number of benzene rings is 1. The highest BCUT2D eigenvalue weighted by atomic mass is 35.5. The van der Waals surface area contributed by atoms with Crippen LogP contribution in [0.4, 0.5) is 10.1 Å². The van der Waals surface area contributed by atoms with Gasteiger partial charge in [0.15, 0.2) is 5.75 Å². The Hall–Kier alpha value is -1.81. The van der Waals surface area contributed by atoms with Gasteiger partial charge in [-0.2, -0.15) is 0 Å². The van der Waals surface area contributed by atoms with Crippen molar-refractivity contribution in [1.82, 2.24) is 4.98 Å². The van der Waals surface area contributed by atoms with Crippen molar-refractivity contribution in [3.05, 3.63) is 47.4 Å². The zero-order valence-corrected chi connectivity index (χ0v) is 8.91. The molecule has 0 saturated carbocycles. The van der Waals surface area contributed by atoms with Crippen LogP contribution in [0.1, 0.15) is 0 Å². The van der Waals surface area contributed by atoms with Gasteiger partial charge in [0.05, 0.1) is 11.9 Å². The van der Waals surface area contributed by atoms with Gasteiger partial charge in [-0.1, -0.05) is 11.6 Å². The zero-order valence-electron chi connectivity index (χ0n) is 8.15. The topological polar surface area (TPSA) is 48.1 Å². The summed E-state index contributed by atoms with van der Waals surface area (Å²) in [5.74, 6) is 0.287. The summed E-state index contributed by atoms with van der Waals surface area (Å²) < 4.78 is 18.0. The van der Waals surface area contributed by atoms with E-state index in [0.29, 0.717) is 16.5 Å². The maximum Gasteiger partial charge on any atom is 0.219 e. The fraction of sp³-hybridized carbons (Fsp3) is 0. The molecule has 0 radical (unpaired) electrons. The first-order valence-electron chi connectivity index (χ1n) is 4.49. The number of hydrogen-bond acceptors (Lipinski definition) is 3. The van der Waals surface area contributed by atoms with Crippen molar-refractivity contribution < 1.29 is 9.13 Å². The predicted molar refractivity (Wildman–Crippen MR) is 60.1 cm³/mol. The average molecular weight is 239 g/mol. The van der Waals surface area contributed by atoms with Crippen LogP contribution in [0.3, 0.4) is 0 Å². The Morgan fingerprint density at radius 1 is 1.25 bits per heavy atom. The molecule has 0 amide bonds. The summed E-state index contributed by atoms with van der Waals surface area (Å²) in [7, 11) is 0. The van der Waals surface area contributed by atoms with Crippen molar-refractivity contribution in [1.29, 1.82) is 0 Å². The fourth-order valence-electron chi connectivity index (χ4n) is 1.15. The van der Waals surface area contributed by atoms with E-state index in [4.69, 9.17) is 22.1 Å². The van der Waals surface area contributed by atoms with Crippen molar-refractivity contribution in [2.75, 3.05) is 5.73 Å². The summed E-state index contributed by atoms with van der Waals surface area (Å²) >= 11 is 5.74. The second kappa shape index (κ2) is 4.37. The third kappa shape index (κ3) is 2.41. The molecule has 2 rings (SSSR count). The smallest absolute Gasteiger partial charge is 0.219 e. The standard InChI is InChI=1S/C11H8ClFN2O/c12-7-1-3-10(9(14)5-7)16-11-4-2-8(13)6-15-11/h1-6H,14H2. The lowest BCUT2D eigenvalue weighted by Gasteiger charge is -2.07. The number of rotatable bonds is 2. The summed E-state index contributed by atoms with van der Waals surface area (Å²) in [5, 5.41) is 0.525. The molecule has 82 valence electrons. The van der Waals surface area contributed by atoms with Gasteiger partial charge in [-0.05, 0) is 24.3 Å². The second-order valence-corrected chi connectivity index (χ2v) is 3.54. The number of halogens is 2. The lowest BCUT2D eigenvalue weighted by Crippen LogP contribution is -1.93. The van der Waals surface area contributed by atoms with Gasteiger partial charge in [0.1, 0.15) is 5.82 Å². The predicted octanol–water partition coefficient (Wildman–Crippen LogP) is 3.25. The number of anilines is 1. The summed E-state index contributed by atoms with van der Waals surface area (Å²) in [6, 6.07) is 7.53. The Morgan fingerprint density at radius 2 is 2.06 bits per heavy atom. The first-order chi connectivity index (χ1) is 7.65. The molecule has 0 bridgehead atoms. The molecule has 0 spiro atoms. The molecule has 3 nitrogen and oxygen atoms in total. The number of nitrogens with two attached hydrogens (primary N) is 1. The quantitative estimate of drug-likeness (QED) is 0.817. The van der Waals surface area contributed by atoms with Gasteiger partial charge in [0, 0.05) is 11.1 Å². The van der Waals surface area contributed by atoms with Crippen LogP contribution in [0.5, 0.6) is 11.6 Å². The molecule has 1 aromatic heterocycles. The molecule has 0 aliphatic rings. The average Bonchev–Trinajstić information content (AvgIpc) is 2.25. The minimum atomic E-state index is -0.420. The molecule has 16 heavy (non-hydrogen) atoms. The Balaban J connectivity index is 2.23. The van der Waals surface area contributed by atoms with Crippen LogP contribution >= 0.6 is 11.6 Å². The largest absolute Gasteiger partial charge is 0.437 e. The van der Waals surface area contributed by atoms with Crippen molar-refractivity contribution >= 4 is 17.3 Å². The van der Waals surface area contributed by atoms with E-state index in [1.54, 1.807) is 18.2 Å². The lowest BCUT2D eigenvalue weighted by molar-refractivity contribution is 0.461. The second-order valence-electron chi connectivity index (χ2n) is 3.10. The highest BCUT2D eigenvalue weighted by Crippen LogP contribution is 2.28. The van der Waals surface area contributed by atoms with Crippen LogP contribution in [0.2, 0.25) is 5.02 Å². The van der Waals surface area contributed by atoms with Crippen molar-refractivity contribution in [3.8, 4) is 11.6 Å². The third-order valence-corrected chi connectivity index (χ3v) is 2.12. The van der Waals surface area contributed by atoms with Gasteiger partial charge in [-0.3, -0.25) is 0 Å². The van der Waals surface area contributed by atoms with Crippen LogP contribution in [0.15, 0.2) is 36.5 Å². The molecule has 0 fully saturated rings. The first-order valence-corrected chi connectivity index (χ1v) is 4.87. The molecule has 2 N–H and O–H groups in total. The molecule has 1 aromatic carbocycles. The molecule has 0 aliphatic heterocycles. The summed E-state index contributed by atoms with van der Waals surface area (Å²) in [6.45, 7) is 0. The van der Waals surface area contributed by atoms with Crippen LogP contribution in [0.25, 0.3) is 0 Å². The lowest BCUT2D eigenvalue weighted by atomic mass is 10.3. The van der Waals surface area contributed by atoms with Crippen LogP contribution in [-0.2, 0) is 0 Å². The van der Waals surface area contributed by atoms with E-state index in [9.17, 15) is 4.39 Å². The molecular formula is C11H8ClFN2O. The van der Waals surface area contributed by atoms with Gasteiger partial charge < -0.3 is 10.5 Å². The molecule has 1 heterocycles. The number of aromatic nitrogens is 1. The number of hydrogen-bond donors (Lipinski definition) is 1. The van der Waals surface area contributed by atoms with Crippen LogP contribution in [0, 0.1) is 5.82 Å². The highest BCUT2D eigenvalue weighted by Gasteiger charge is 2.03. The van der Waals surface area contributed by atoms with Crippen LogP contribution in [-0.4, -0.2) is 4.98 Å². The van der Waals surface area contributed by atoms with Crippen molar-refractivity contribution in [2.24, 2.45) is 0 Å². The molecule has 5 heteroatoms. The van der Waals surface area contributed by atoms with E-state index in [1.807, 2.05) is 0 Å². The summed E-state index contributed by atoms with van der Waals surface area (Å²) in [6.07, 6.45) is 1.07. The Bertz CT molecular complexity index is 502. The Kier molecular flexibility index (Phi) is 2.92. The third-order valence-electron chi connectivity index (χ3n) is 1.89. The number of nitrogens with zero attached hydrogens (tertiary/aromatic N) is 1. The Labute approximate surface area is 96.6 Å². The SMILES string of the molecule is Nc1cc(Cl)ccc1Oc1ccc(F)cn1. The van der Waals surface area contributed by atoms with Gasteiger partial charge >= 0.3 is 0 Å². The van der Waals surface area contributed by atoms with E-state index in [2.05, 4.69) is 4.98 Å². The van der Waals surface area contributed by atoms with Gasteiger partial charge in [0.2, 0.25) is 5.88 Å². The molecule has 0 saturated heterocycles. The normalized spacial score (nSPS) is 10.1. The maximum atomic E-state index is 12.6. The van der Waals surface area contributed by atoms with E-state index < -0.39 is 5.82 Å². The van der Waals surface area contributed by atoms with Crippen molar-refractivity contribution in [2.45, 2.75) is 0 Å². The minimum Gasteiger partial charge on any atom is -0.437 e. The number of ether oxygens (including phenoxy) is 1. The highest BCUT2D eigenvalue weighted by molar-refractivity contribution is 6.30. The molecule has 0 atom stereocenters. The number of nitrogen functional groups attached to an aromatic ring is 1. The molecule has 0 aliphatic carbocycles. The molecular weight excluding hydrogens is 231 g/mol. The zero-order chi connectivity index (χ0) is 11.5. The Morgan fingerprint density at radius 3 is 2.69 bits per heavy atom. The van der Waals surface area contributed by atoms with Gasteiger partial charge in [-0.25, -0.2) is 9.37 Å². The van der Waals surface area contributed by atoms with E-state index >= 15 is 0 Å². The van der Waals surface area contributed by atoms with Crippen molar-refractivity contribution in [3.63, 3.8) is 0 Å². The molecule has 2 aromatic rings. The summed E-state index contributed by atoms with van der Waals surface area (Å²) in [4.78, 5) is 3.75. The van der Waals surface area contributed by atoms with E-state index in [-0.39, 0.29) is 5.88 Å².